The summed E-state index contributed by atoms with van der Waals surface area (Å²) >= 11 is 0. The van der Waals surface area contributed by atoms with E-state index < -0.39 is 0 Å². The van der Waals surface area contributed by atoms with Crippen molar-refractivity contribution in [3.05, 3.63) is 170 Å². The van der Waals surface area contributed by atoms with Crippen LogP contribution in [0.4, 0.5) is 11.4 Å². The number of nitrogens with zero attached hydrogens (tertiary/aromatic N) is 1. The molecule has 0 unspecified atom stereocenters. The second-order valence-corrected chi connectivity index (χ2v) is 11.7. The van der Waals surface area contributed by atoms with Gasteiger partial charge >= 0.3 is 6.85 Å². The molecule has 204 valence electrons. The first-order valence-corrected chi connectivity index (χ1v) is 15.3. The lowest BCUT2D eigenvalue weighted by Gasteiger charge is -2.39. The van der Waals surface area contributed by atoms with Crippen molar-refractivity contribution in [1.82, 2.24) is 0 Å². The van der Waals surface area contributed by atoms with Crippen molar-refractivity contribution in [3.63, 3.8) is 0 Å². The molecule has 0 radical (unpaired) electrons. The minimum Gasteiger partial charge on any atom is -0.376 e. The molecular formula is C42H28BN. The Kier molecular flexibility index (Phi) is 5.67. The first-order chi connectivity index (χ1) is 21.9. The van der Waals surface area contributed by atoms with E-state index in [9.17, 15) is 0 Å². The zero-order valence-electron chi connectivity index (χ0n) is 24.2. The Morgan fingerprint density at radius 2 is 0.932 bits per heavy atom. The summed E-state index contributed by atoms with van der Waals surface area (Å²) in [6.07, 6.45) is 0. The quantitative estimate of drug-likeness (QED) is 0.154. The number of hydrogen-bond donors (Lipinski definition) is 0. The molecule has 0 spiro atoms. The van der Waals surface area contributed by atoms with Gasteiger partial charge in [-0.05, 0) is 78.7 Å². The molecule has 0 aliphatic carbocycles. The molecule has 1 aliphatic rings. The molecule has 0 aromatic heterocycles. The zero-order chi connectivity index (χ0) is 29.0. The van der Waals surface area contributed by atoms with E-state index in [2.05, 4.69) is 175 Å². The summed E-state index contributed by atoms with van der Waals surface area (Å²) in [6, 6.07) is 62.2. The number of rotatable bonds is 3. The second kappa shape index (κ2) is 10.0. The molecule has 2 heteroatoms. The average Bonchev–Trinajstić information content (AvgIpc) is 3.11. The SMILES string of the molecule is c1ccc(B2c3cccc(-c4ccc5c6ccccc6c6ccccc6c5c4)c3-c3ccccc3N2c2ccccc2)cc1. The van der Waals surface area contributed by atoms with Crippen LogP contribution in [0.2, 0.25) is 0 Å². The third-order valence-electron chi connectivity index (χ3n) is 9.29. The fourth-order valence-corrected chi connectivity index (χ4v) is 7.43. The van der Waals surface area contributed by atoms with Crippen molar-refractivity contribution >= 4 is 61.5 Å². The fourth-order valence-electron chi connectivity index (χ4n) is 7.43. The van der Waals surface area contributed by atoms with Crippen molar-refractivity contribution in [2.24, 2.45) is 0 Å². The second-order valence-electron chi connectivity index (χ2n) is 11.7. The monoisotopic (exact) mass is 557 g/mol. The van der Waals surface area contributed by atoms with Crippen LogP contribution in [0.15, 0.2) is 170 Å². The molecule has 0 saturated heterocycles. The topological polar surface area (TPSA) is 3.24 Å². The average molecular weight is 558 g/mol. The van der Waals surface area contributed by atoms with Crippen LogP contribution in [0.25, 0.3) is 54.6 Å². The van der Waals surface area contributed by atoms with Crippen molar-refractivity contribution < 1.29 is 0 Å². The van der Waals surface area contributed by atoms with E-state index in [1.54, 1.807) is 0 Å². The number of fused-ring (bicyclic) bond motifs is 9. The molecule has 44 heavy (non-hydrogen) atoms. The van der Waals surface area contributed by atoms with E-state index >= 15 is 0 Å². The van der Waals surface area contributed by atoms with Gasteiger partial charge in [0, 0.05) is 16.9 Å². The standard InChI is InChI=1S/C42H28BN/c1-3-14-30(15-4-1)43-40-24-13-23-32(42(40)38-22-11-12-25-41(38)44(43)31-16-5-2-6-17-31)29-26-27-37-35-20-8-7-18-33(35)34-19-9-10-21-36(34)39(37)28-29/h1-28H. The van der Waals surface area contributed by atoms with Crippen molar-refractivity contribution in [1.29, 1.82) is 0 Å². The number of hydrogen-bond acceptors (Lipinski definition) is 1. The van der Waals surface area contributed by atoms with Gasteiger partial charge in [0.05, 0.1) is 0 Å². The summed E-state index contributed by atoms with van der Waals surface area (Å²) in [5, 5.41) is 7.80. The molecular weight excluding hydrogens is 529 g/mol. The van der Waals surface area contributed by atoms with Crippen LogP contribution in [0, 0.1) is 0 Å². The summed E-state index contributed by atoms with van der Waals surface area (Å²) in [5.41, 5.74) is 10.1. The molecule has 0 amide bonds. The van der Waals surface area contributed by atoms with Crippen LogP contribution in [0.1, 0.15) is 0 Å². The summed E-state index contributed by atoms with van der Waals surface area (Å²) < 4.78 is 0. The minimum atomic E-state index is 0.0358. The molecule has 8 aromatic carbocycles. The summed E-state index contributed by atoms with van der Waals surface area (Å²) in [6.45, 7) is 0.0358. The molecule has 0 saturated carbocycles. The van der Waals surface area contributed by atoms with E-state index in [-0.39, 0.29) is 6.85 Å². The lowest BCUT2D eigenvalue weighted by molar-refractivity contribution is 1.36. The number of anilines is 2. The predicted octanol–water partition coefficient (Wildman–Crippen LogP) is 9.74. The molecule has 1 nitrogen and oxygen atoms in total. The van der Waals surface area contributed by atoms with Crippen LogP contribution < -0.4 is 15.7 Å². The lowest BCUT2D eigenvalue weighted by atomic mass is 9.45. The minimum absolute atomic E-state index is 0.0358. The molecule has 0 atom stereocenters. The van der Waals surface area contributed by atoms with E-state index in [1.165, 1.54) is 76.9 Å². The van der Waals surface area contributed by atoms with Crippen LogP contribution in [0.3, 0.4) is 0 Å². The van der Waals surface area contributed by atoms with Crippen LogP contribution in [-0.2, 0) is 0 Å². The van der Waals surface area contributed by atoms with Crippen LogP contribution in [0.5, 0.6) is 0 Å². The van der Waals surface area contributed by atoms with Gasteiger partial charge in [0.25, 0.3) is 0 Å². The molecule has 8 aromatic rings. The number of para-hydroxylation sites is 2. The van der Waals surface area contributed by atoms with Crippen molar-refractivity contribution in [3.8, 4) is 22.3 Å². The normalized spacial score (nSPS) is 12.5. The highest BCUT2D eigenvalue weighted by molar-refractivity contribution is 6.91. The van der Waals surface area contributed by atoms with Gasteiger partial charge in [-0.1, -0.05) is 151 Å². The van der Waals surface area contributed by atoms with Crippen molar-refractivity contribution in [2.45, 2.75) is 0 Å². The van der Waals surface area contributed by atoms with E-state index in [0.29, 0.717) is 0 Å². The smallest absolute Gasteiger partial charge is 0.328 e. The van der Waals surface area contributed by atoms with E-state index in [4.69, 9.17) is 0 Å². The van der Waals surface area contributed by atoms with Crippen LogP contribution >= 0.6 is 0 Å². The van der Waals surface area contributed by atoms with Gasteiger partial charge < -0.3 is 4.81 Å². The predicted molar refractivity (Wildman–Crippen MR) is 190 cm³/mol. The molecule has 9 rings (SSSR count). The lowest BCUT2D eigenvalue weighted by Crippen LogP contribution is -2.57. The van der Waals surface area contributed by atoms with Gasteiger partial charge in [-0.2, -0.15) is 0 Å². The van der Waals surface area contributed by atoms with Gasteiger partial charge in [0.1, 0.15) is 0 Å². The third kappa shape index (κ3) is 3.74. The van der Waals surface area contributed by atoms with Gasteiger partial charge in [0.15, 0.2) is 0 Å². The van der Waals surface area contributed by atoms with Gasteiger partial charge in [-0.15, -0.1) is 0 Å². The highest BCUT2D eigenvalue weighted by Crippen LogP contribution is 2.44. The Hall–Kier alpha value is -5.60. The largest absolute Gasteiger partial charge is 0.376 e. The maximum atomic E-state index is 2.51. The fraction of sp³-hybridized carbons (Fsp3) is 0. The third-order valence-corrected chi connectivity index (χ3v) is 9.29. The highest BCUT2D eigenvalue weighted by Gasteiger charge is 2.38. The van der Waals surface area contributed by atoms with Gasteiger partial charge in [-0.3, -0.25) is 0 Å². The Labute approximate surface area is 257 Å². The van der Waals surface area contributed by atoms with E-state index in [0.717, 1.165) is 0 Å². The maximum Gasteiger partial charge on any atom is 0.328 e. The van der Waals surface area contributed by atoms with Gasteiger partial charge in [-0.25, -0.2) is 0 Å². The van der Waals surface area contributed by atoms with E-state index in [1.807, 2.05) is 0 Å². The first-order valence-electron chi connectivity index (χ1n) is 15.3. The summed E-state index contributed by atoms with van der Waals surface area (Å²) in [5.74, 6) is 0. The molecule has 1 heterocycles. The molecule has 0 N–H and O–H groups in total. The summed E-state index contributed by atoms with van der Waals surface area (Å²) in [7, 11) is 0. The Bertz CT molecular complexity index is 2310. The maximum absolute atomic E-state index is 2.51. The summed E-state index contributed by atoms with van der Waals surface area (Å²) in [4.78, 5) is 2.51. The first kappa shape index (κ1) is 25.0. The number of benzene rings is 8. The molecule has 1 aliphatic heterocycles. The zero-order valence-corrected chi connectivity index (χ0v) is 24.2. The van der Waals surface area contributed by atoms with Crippen LogP contribution in [-0.4, -0.2) is 6.85 Å². The Balaban J connectivity index is 1.34. The highest BCUT2D eigenvalue weighted by atomic mass is 15.1. The molecule has 0 bridgehead atoms. The Morgan fingerprint density at radius 1 is 0.386 bits per heavy atom. The Morgan fingerprint density at radius 3 is 1.64 bits per heavy atom. The van der Waals surface area contributed by atoms with Gasteiger partial charge in [0.2, 0.25) is 0 Å². The molecule has 0 fully saturated rings. The van der Waals surface area contributed by atoms with Crippen molar-refractivity contribution in [2.75, 3.05) is 4.81 Å².